The molecule has 2 heterocycles. The van der Waals surface area contributed by atoms with Gasteiger partial charge in [-0.05, 0) is 13.3 Å². The van der Waals surface area contributed by atoms with Gasteiger partial charge in [0, 0.05) is 13.7 Å². The molecule has 6 nitrogen and oxygen atoms in total. The first-order chi connectivity index (χ1) is 7.04. The van der Waals surface area contributed by atoms with E-state index in [9.17, 15) is 4.79 Å². The molecule has 6 heteroatoms. The summed E-state index contributed by atoms with van der Waals surface area (Å²) in [6.45, 7) is 2.58. The van der Waals surface area contributed by atoms with Gasteiger partial charge in [0.1, 0.15) is 11.4 Å². The lowest BCUT2D eigenvalue weighted by Crippen LogP contribution is -2.49. The van der Waals surface area contributed by atoms with Crippen molar-refractivity contribution in [2.75, 3.05) is 13.2 Å². The first-order valence-corrected chi connectivity index (χ1v) is 4.82. The van der Waals surface area contributed by atoms with Crippen molar-refractivity contribution in [3.05, 3.63) is 11.6 Å². The van der Waals surface area contributed by atoms with Crippen LogP contribution in [-0.4, -0.2) is 39.3 Å². The standard InChI is InChI=1S/C9H14N4O2/c1-6-11-12-8(13(6)2)7(14)9(10)3-4-15-5-9/h3-5,10H2,1-2H3. The van der Waals surface area contributed by atoms with Crippen LogP contribution >= 0.6 is 0 Å². The maximum atomic E-state index is 12.1. The summed E-state index contributed by atoms with van der Waals surface area (Å²) < 4.78 is 6.79. The van der Waals surface area contributed by atoms with Crippen LogP contribution in [0.25, 0.3) is 0 Å². The molecule has 1 aliphatic heterocycles. The SMILES string of the molecule is Cc1nnc(C(=O)C2(N)CCOC2)n1C. The van der Waals surface area contributed by atoms with Crippen molar-refractivity contribution in [1.29, 1.82) is 0 Å². The normalized spacial score (nSPS) is 25.8. The fourth-order valence-electron chi connectivity index (χ4n) is 1.59. The number of nitrogens with zero attached hydrogens (tertiary/aromatic N) is 3. The Hall–Kier alpha value is -1.27. The molecule has 0 radical (unpaired) electrons. The van der Waals surface area contributed by atoms with E-state index >= 15 is 0 Å². The molecule has 0 amide bonds. The second-order valence-electron chi connectivity index (χ2n) is 3.92. The minimum atomic E-state index is -0.923. The number of Topliss-reactive ketones (excluding diaryl/α,β-unsaturated/α-hetero) is 1. The van der Waals surface area contributed by atoms with Crippen molar-refractivity contribution in [1.82, 2.24) is 14.8 Å². The molecule has 1 unspecified atom stereocenters. The summed E-state index contributed by atoms with van der Waals surface area (Å²) in [5, 5.41) is 7.67. The summed E-state index contributed by atoms with van der Waals surface area (Å²) in [6, 6.07) is 0. The molecule has 1 aromatic rings. The predicted octanol–water partition coefficient (Wildman–Crippen LogP) is -0.576. The van der Waals surface area contributed by atoms with Crippen LogP contribution in [0.1, 0.15) is 22.9 Å². The van der Waals surface area contributed by atoms with Crippen molar-refractivity contribution in [3.63, 3.8) is 0 Å². The van der Waals surface area contributed by atoms with E-state index in [0.29, 0.717) is 24.7 Å². The minimum Gasteiger partial charge on any atom is -0.379 e. The van der Waals surface area contributed by atoms with Gasteiger partial charge in [0.25, 0.3) is 0 Å². The third-order valence-corrected chi connectivity index (χ3v) is 2.80. The predicted molar refractivity (Wildman–Crippen MR) is 52.4 cm³/mol. The third-order valence-electron chi connectivity index (χ3n) is 2.80. The maximum absolute atomic E-state index is 12.1. The molecule has 1 aromatic heterocycles. The van der Waals surface area contributed by atoms with Gasteiger partial charge in [-0.3, -0.25) is 4.79 Å². The molecule has 0 bridgehead atoms. The molecule has 0 spiro atoms. The summed E-state index contributed by atoms with van der Waals surface area (Å²) in [4.78, 5) is 12.1. The van der Waals surface area contributed by atoms with Gasteiger partial charge in [-0.25, -0.2) is 0 Å². The molecule has 1 fully saturated rings. The van der Waals surface area contributed by atoms with E-state index in [2.05, 4.69) is 10.2 Å². The number of carbonyl (C=O) groups excluding carboxylic acids is 1. The Morgan fingerprint density at radius 3 is 2.80 bits per heavy atom. The summed E-state index contributed by atoms with van der Waals surface area (Å²) in [5.74, 6) is 0.810. The molecule has 2 rings (SSSR count). The highest BCUT2D eigenvalue weighted by molar-refractivity contribution is 6.00. The zero-order chi connectivity index (χ0) is 11.1. The van der Waals surface area contributed by atoms with E-state index in [1.165, 1.54) is 0 Å². The third kappa shape index (κ3) is 1.55. The number of carbonyl (C=O) groups is 1. The Bertz CT molecular complexity index is 393. The molecular formula is C9H14N4O2. The number of hydrogen-bond acceptors (Lipinski definition) is 5. The number of ketones is 1. The molecule has 0 aromatic carbocycles. The van der Waals surface area contributed by atoms with Crippen LogP contribution in [0.2, 0.25) is 0 Å². The Labute approximate surface area is 87.4 Å². The quantitative estimate of drug-likeness (QED) is 0.660. The first kappa shape index (κ1) is 10.3. The summed E-state index contributed by atoms with van der Waals surface area (Å²) >= 11 is 0. The molecule has 0 saturated carbocycles. The van der Waals surface area contributed by atoms with Crippen LogP contribution in [0, 0.1) is 6.92 Å². The number of hydrogen-bond donors (Lipinski definition) is 1. The van der Waals surface area contributed by atoms with Crippen LogP contribution < -0.4 is 5.73 Å². The van der Waals surface area contributed by atoms with Gasteiger partial charge in [-0.1, -0.05) is 0 Å². The van der Waals surface area contributed by atoms with Gasteiger partial charge >= 0.3 is 0 Å². The zero-order valence-corrected chi connectivity index (χ0v) is 8.86. The molecule has 1 aliphatic rings. The zero-order valence-electron chi connectivity index (χ0n) is 8.86. The highest BCUT2D eigenvalue weighted by Crippen LogP contribution is 2.20. The van der Waals surface area contributed by atoms with Crippen molar-refractivity contribution in [2.45, 2.75) is 18.9 Å². The molecule has 1 atom stereocenters. The van der Waals surface area contributed by atoms with Crippen molar-refractivity contribution < 1.29 is 9.53 Å². The molecule has 82 valence electrons. The van der Waals surface area contributed by atoms with Crippen LogP contribution in [0.15, 0.2) is 0 Å². The Kier molecular flexibility index (Phi) is 2.32. The Morgan fingerprint density at radius 1 is 1.60 bits per heavy atom. The second kappa shape index (κ2) is 3.39. The monoisotopic (exact) mass is 210 g/mol. The maximum Gasteiger partial charge on any atom is 0.222 e. The smallest absolute Gasteiger partial charge is 0.222 e. The van der Waals surface area contributed by atoms with E-state index in [0.717, 1.165) is 0 Å². The van der Waals surface area contributed by atoms with Crippen LogP contribution in [-0.2, 0) is 11.8 Å². The number of aryl methyl sites for hydroxylation is 1. The molecular weight excluding hydrogens is 196 g/mol. The minimum absolute atomic E-state index is 0.192. The lowest BCUT2D eigenvalue weighted by Gasteiger charge is -2.18. The van der Waals surface area contributed by atoms with Gasteiger partial charge < -0.3 is 15.0 Å². The number of nitrogens with two attached hydrogens (primary N) is 1. The van der Waals surface area contributed by atoms with E-state index in [1.807, 2.05) is 0 Å². The summed E-state index contributed by atoms with van der Waals surface area (Å²) in [6.07, 6.45) is 0.539. The topological polar surface area (TPSA) is 83.0 Å². The van der Waals surface area contributed by atoms with E-state index < -0.39 is 5.54 Å². The van der Waals surface area contributed by atoms with Crippen molar-refractivity contribution in [3.8, 4) is 0 Å². The lowest BCUT2D eigenvalue weighted by molar-refractivity contribution is 0.0848. The highest BCUT2D eigenvalue weighted by atomic mass is 16.5. The largest absolute Gasteiger partial charge is 0.379 e. The number of rotatable bonds is 2. The first-order valence-electron chi connectivity index (χ1n) is 4.82. The van der Waals surface area contributed by atoms with Crippen molar-refractivity contribution in [2.24, 2.45) is 12.8 Å². The van der Waals surface area contributed by atoms with E-state index in [1.54, 1.807) is 18.5 Å². The fraction of sp³-hybridized carbons (Fsp3) is 0.667. The van der Waals surface area contributed by atoms with E-state index in [-0.39, 0.29) is 12.4 Å². The van der Waals surface area contributed by atoms with Crippen LogP contribution in [0.3, 0.4) is 0 Å². The fourth-order valence-corrected chi connectivity index (χ4v) is 1.59. The second-order valence-corrected chi connectivity index (χ2v) is 3.92. The number of ether oxygens (including phenoxy) is 1. The van der Waals surface area contributed by atoms with E-state index in [4.69, 9.17) is 10.5 Å². The summed E-state index contributed by atoms with van der Waals surface area (Å²) in [7, 11) is 1.75. The van der Waals surface area contributed by atoms with Gasteiger partial charge in [-0.2, -0.15) is 0 Å². The summed E-state index contributed by atoms with van der Waals surface area (Å²) in [5.41, 5.74) is 5.03. The lowest BCUT2D eigenvalue weighted by atomic mass is 9.94. The Morgan fingerprint density at radius 2 is 2.33 bits per heavy atom. The molecule has 2 N–H and O–H groups in total. The molecule has 0 aliphatic carbocycles. The van der Waals surface area contributed by atoms with Gasteiger partial charge in [0.05, 0.1) is 6.61 Å². The average molecular weight is 210 g/mol. The average Bonchev–Trinajstić information content (AvgIpc) is 2.77. The number of aromatic nitrogens is 3. The van der Waals surface area contributed by atoms with Gasteiger partial charge in [0.15, 0.2) is 0 Å². The van der Waals surface area contributed by atoms with Gasteiger partial charge in [-0.15, -0.1) is 10.2 Å². The highest BCUT2D eigenvalue weighted by Gasteiger charge is 2.41. The molecule has 15 heavy (non-hydrogen) atoms. The van der Waals surface area contributed by atoms with Crippen molar-refractivity contribution >= 4 is 5.78 Å². The van der Waals surface area contributed by atoms with Crippen LogP contribution in [0.5, 0.6) is 0 Å². The van der Waals surface area contributed by atoms with Gasteiger partial charge in [0.2, 0.25) is 11.6 Å². The molecule has 1 saturated heterocycles. The van der Waals surface area contributed by atoms with Crippen LogP contribution in [0.4, 0.5) is 0 Å². The Balaban J connectivity index is 2.32.